The van der Waals surface area contributed by atoms with Crippen LogP contribution in [-0.4, -0.2) is 33.3 Å². The van der Waals surface area contributed by atoms with Crippen LogP contribution in [0.1, 0.15) is 69.8 Å². The third kappa shape index (κ3) is 6.08. The van der Waals surface area contributed by atoms with Crippen molar-refractivity contribution in [1.82, 2.24) is 10.3 Å². The van der Waals surface area contributed by atoms with Crippen molar-refractivity contribution in [3.8, 4) is 0 Å². The zero-order valence-corrected chi connectivity index (χ0v) is 19.0. The second-order valence-corrected chi connectivity index (χ2v) is 10.0. The highest BCUT2D eigenvalue weighted by molar-refractivity contribution is 5.75. The van der Waals surface area contributed by atoms with Crippen molar-refractivity contribution >= 4 is 5.91 Å². The quantitative estimate of drug-likeness (QED) is 0.396. The Bertz CT molecular complexity index is 800. The minimum Gasteiger partial charge on any atom is -0.392 e. The lowest BCUT2D eigenvalue weighted by Crippen LogP contribution is -2.22. The van der Waals surface area contributed by atoms with Crippen molar-refractivity contribution in [3.05, 3.63) is 53.9 Å². The molecule has 5 atom stereocenters. The van der Waals surface area contributed by atoms with Gasteiger partial charge in [-0.3, -0.25) is 9.78 Å². The molecular weight excluding hydrogens is 400 g/mol. The molecule has 5 heteroatoms. The van der Waals surface area contributed by atoms with E-state index in [2.05, 4.69) is 22.5 Å². The second-order valence-electron chi connectivity index (χ2n) is 10.0. The molecule has 1 aromatic rings. The number of amides is 1. The summed E-state index contributed by atoms with van der Waals surface area (Å²) in [5.74, 6) is 1.71. The lowest BCUT2D eigenvalue weighted by Gasteiger charge is -2.19. The molecule has 0 radical (unpaired) electrons. The summed E-state index contributed by atoms with van der Waals surface area (Å²) >= 11 is 0. The van der Waals surface area contributed by atoms with Crippen LogP contribution in [0.5, 0.6) is 0 Å². The first-order chi connectivity index (χ1) is 15.6. The summed E-state index contributed by atoms with van der Waals surface area (Å²) in [6.45, 7) is 0.554. The van der Waals surface area contributed by atoms with Gasteiger partial charge in [0.25, 0.3) is 0 Å². The summed E-state index contributed by atoms with van der Waals surface area (Å²) in [5, 5.41) is 24.0. The van der Waals surface area contributed by atoms with Crippen LogP contribution >= 0.6 is 0 Å². The van der Waals surface area contributed by atoms with Gasteiger partial charge in [0.05, 0.1) is 12.2 Å². The number of aromatic nitrogens is 1. The third-order valence-corrected chi connectivity index (χ3v) is 7.80. The summed E-state index contributed by atoms with van der Waals surface area (Å²) in [7, 11) is 0. The maximum Gasteiger partial charge on any atom is 0.220 e. The van der Waals surface area contributed by atoms with Crippen LogP contribution in [0.15, 0.2) is 48.3 Å². The zero-order valence-electron chi connectivity index (χ0n) is 19.0. The molecule has 32 heavy (non-hydrogen) atoms. The molecule has 0 unspecified atom stereocenters. The Kier molecular flexibility index (Phi) is 8.15. The summed E-state index contributed by atoms with van der Waals surface area (Å²) in [6.07, 6.45) is 19.3. The molecule has 3 aliphatic rings. The van der Waals surface area contributed by atoms with Gasteiger partial charge in [-0.05, 0) is 80.4 Å². The molecule has 0 aromatic carbocycles. The first-order valence-electron chi connectivity index (χ1n) is 12.5. The highest BCUT2D eigenvalue weighted by atomic mass is 16.3. The van der Waals surface area contributed by atoms with Crippen molar-refractivity contribution in [2.45, 2.75) is 83.0 Å². The molecule has 5 nitrogen and oxygen atoms in total. The molecule has 4 rings (SSSR count). The molecule has 0 spiro atoms. The molecule has 0 bridgehead atoms. The van der Waals surface area contributed by atoms with Gasteiger partial charge in [-0.25, -0.2) is 0 Å². The van der Waals surface area contributed by atoms with Gasteiger partial charge in [0, 0.05) is 31.3 Å². The Morgan fingerprint density at radius 3 is 2.78 bits per heavy atom. The number of pyridine rings is 1. The number of nitrogens with one attached hydrogen (secondary N) is 1. The van der Waals surface area contributed by atoms with Crippen molar-refractivity contribution in [2.75, 3.05) is 0 Å². The monoisotopic (exact) mass is 438 g/mol. The van der Waals surface area contributed by atoms with E-state index in [-0.39, 0.29) is 24.0 Å². The maximum absolute atomic E-state index is 12.1. The van der Waals surface area contributed by atoms with E-state index >= 15 is 0 Å². The standard InChI is InChI=1S/C27H38N2O3/c30-25(21-6-2-3-7-21)10-9-23-24-16-20(15-22(24)17-26(23)31)5-1-4-8-27(32)29-18-19-11-13-28-14-12-19/h5,9-14,21-26,30-31H,1-4,6-8,15-18H2,(H,29,32)/t22-,23+,24-,25+,26+/m0/s1. The van der Waals surface area contributed by atoms with Crippen molar-refractivity contribution in [3.63, 3.8) is 0 Å². The van der Waals surface area contributed by atoms with Crippen LogP contribution in [0, 0.1) is 23.7 Å². The highest BCUT2D eigenvalue weighted by Gasteiger charge is 2.45. The Hall–Kier alpha value is -1.98. The molecule has 174 valence electrons. The fraction of sp³-hybridized carbons (Fsp3) is 0.630. The Morgan fingerprint density at radius 1 is 1.22 bits per heavy atom. The molecular formula is C27H38N2O3. The zero-order chi connectivity index (χ0) is 22.3. The lowest BCUT2D eigenvalue weighted by atomic mass is 9.89. The van der Waals surface area contributed by atoms with Gasteiger partial charge in [-0.15, -0.1) is 0 Å². The first kappa shape index (κ1) is 23.2. The first-order valence-corrected chi connectivity index (χ1v) is 12.5. The summed E-state index contributed by atoms with van der Waals surface area (Å²) in [6, 6.07) is 3.83. The Balaban J connectivity index is 1.19. The molecule has 1 heterocycles. The van der Waals surface area contributed by atoms with E-state index in [0.29, 0.717) is 30.7 Å². The number of aliphatic hydroxyl groups is 2. The minimum atomic E-state index is -0.357. The topological polar surface area (TPSA) is 82.5 Å². The molecule has 3 N–H and O–H groups in total. The molecule has 1 amide bonds. The Labute approximate surface area is 192 Å². The lowest BCUT2D eigenvalue weighted by molar-refractivity contribution is -0.121. The van der Waals surface area contributed by atoms with Gasteiger partial charge in [0.15, 0.2) is 0 Å². The fourth-order valence-electron chi connectivity index (χ4n) is 6.00. The number of allylic oxidation sites excluding steroid dienone is 2. The average Bonchev–Trinajstić information content (AvgIpc) is 3.52. The van der Waals surface area contributed by atoms with Crippen LogP contribution in [0.3, 0.4) is 0 Å². The molecule has 0 aliphatic heterocycles. The van der Waals surface area contributed by atoms with Crippen molar-refractivity contribution in [2.24, 2.45) is 23.7 Å². The Morgan fingerprint density at radius 2 is 2.00 bits per heavy atom. The van der Waals surface area contributed by atoms with Gasteiger partial charge in [0.2, 0.25) is 5.91 Å². The van der Waals surface area contributed by atoms with Gasteiger partial charge in [0.1, 0.15) is 0 Å². The highest BCUT2D eigenvalue weighted by Crippen LogP contribution is 2.50. The molecule has 3 aliphatic carbocycles. The average molecular weight is 439 g/mol. The smallest absolute Gasteiger partial charge is 0.220 e. The number of hydrogen-bond acceptors (Lipinski definition) is 4. The van der Waals surface area contributed by atoms with E-state index in [1.807, 2.05) is 18.2 Å². The van der Waals surface area contributed by atoms with Crippen LogP contribution in [0.4, 0.5) is 0 Å². The van der Waals surface area contributed by atoms with Gasteiger partial charge >= 0.3 is 0 Å². The number of carbonyl (C=O) groups excluding carboxylic acids is 1. The molecule has 3 saturated carbocycles. The summed E-state index contributed by atoms with van der Waals surface area (Å²) < 4.78 is 0. The van der Waals surface area contributed by atoms with E-state index in [4.69, 9.17) is 0 Å². The molecule has 0 saturated heterocycles. The van der Waals surface area contributed by atoms with Crippen molar-refractivity contribution in [1.29, 1.82) is 0 Å². The SMILES string of the molecule is O=C(CCCC=C1C[C@H]2C[C@@H](O)[C@H](C=C[C@@H](O)C3CCCC3)[C@H]2C1)NCc1ccncc1. The number of nitrogens with zero attached hydrogens (tertiary/aromatic N) is 1. The van der Waals surface area contributed by atoms with Crippen LogP contribution in [-0.2, 0) is 11.3 Å². The minimum absolute atomic E-state index is 0.0950. The third-order valence-electron chi connectivity index (χ3n) is 7.80. The number of carbonyl (C=O) groups is 1. The fourth-order valence-corrected chi connectivity index (χ4v) is 6.00. The predicted molar refractivity (Wildman–Crippen MR) is 125 cm³/mol. The number of unbranched alkanes of at least 4 members (excludes halogenated alkanes) is 1. The number of fused-ring (bicyclic) bond motifs is 1. The van der Waals surface area contributed by atoms with E-state index in [1.165, 1.54) is 18.4 Å². The van der Waals surface area contributed by atoms with E-state index < -0.39 is 0 Å². The predicted octanol–water partition coefficient (Wildman–Crippen LogP) is 4.31. The van der Waals surface area contributed by atoms with E-state index in [0.717, 1.165) is 50.5 Å². The normalized spacial score (nSPS) is 30.2. The van der Waals surface area contributed by atoms with E-state index in [1.54, 1.807) is 12.4 Å². The summed E-state index contributed by atoms with van der Waals surface area (Å²) in [4.78, 5) is 16.1. The molecule has 3 fully saturated rings. The maximum atomic E-state index is 12.1. The number of hydrogen-bond donors (Lipinski definition) is 3. The van der Waals surface area contributed by atoms with Gasteiger partial charge < -0.3 is 15.5 Å². The second kappa shape index (κ2) is 11.2. The van der Waals surface area contributed by atoms with Gasteiger partial charge in [-0.1, -0.05) is 36.6 Å². The van der Waals surface area contributed by atoms with E-state index in [9.17, 15) is 15.0 Å². The number of aliphatic hydroxyl groups excluding tert-OH is 2. The van der Waals surface area contributed by atoms with Crippen LogP contribution in [0.2, 0.25) is 0 Å². The van der Waals surface area contributed by atoms with Crippen LogP contribution in [0.25, 0.3) is 0 Å². The molecule has 1 aromatic heterocycles. The van der Waals surface area contributed by atoms with Gasteiger partial charge in [-0.2, -0.15) is 0 Å². The van der Waals surface area contributed by atoms with Crippen LogP contribution < -0.4 is 5.32 Å². The summed E-state index contributed by atoms with van der Waals surface area (Å²) in [5.41, 5.74) is 2.55. The van der Waals surface area contributed by atoms with Crippen molar-refractivity contribution < 1.29 is 15.0 Å². The number of rotatable bonds is 9. The largest absolute Gasteiger partial charge is 0.392 e.